The predicted molar refractivity (Wildman–Crippen MR) is 75.0 cm³/mol. The molecule has 0 aliphatic carbocycles. The van der Waals surface area contributed by atoms with Gasteiger partial charge in [0.1, 0.15) is 0 Å². The maximum absolute atomic E-state index is 11.1. The lowest BCUT2D eigenvalue weighted by Gasteiger charge is -2.16. The number of methoxy groups -OCH3 is 1. The van der Waals surface area contributed by atoms with E-state index in [1.807, 2.05) is 5.38 Å². The summed E-state index contributed by atoms with van der Waals surface area (Å²) < 4.78 is 4.62. The van der Waals surface area contributed by atoms with Gasteiger partial charge in [-0.05, 0) is 19.3 Å². The Bertz CT molecular complexity index is 379. The molecule has 18 heavy (non-hydrogen) atoms. The molecule has 0 saturated heterocycles. The number of nitrogens with zero attached hydrogens (tertiary/aromatic N) is 1. The van der Waals surface area contributed by atoms with Crippen molar-refractivity contribution in [3.63, 3.8) is 0 Å². The first kappa shape index (κ1) is 15.0. The summed E-state index contributed by atoms with van der Waals surface area (Å²) in [5.74, 6) is 0.460. The van der Waals surface area contributed by atoms with Crippen molar-refractivity contribution < 1.29 is 9.53 Å². The number of aromatic nitrogens is 1. The lowest BCUT2D eigenvalue weighted by atomic mass is 10.0. The van der Waals surface area contributed by atoms with Crippen LogP contribution < -0.4 is 5.32 Å². The molecule has 1 N–H and O–H groups in total. The Labute approximate surface area is 113 Å². The molecule has 2 atom stereocenters. The highest BCUT2D eigenvalue weighted by atomic mass is 32.1. The fourth-order valence-electron chi connectivity index (χ4n) is 1.71. The van der Waals surface area contributed by atoms with Crippen molar-refractivity contribution >= 4 is 22.4 Å². The molecular weight excluding hydrogens is 248 g/mol. The smallest absolute Gasteiger partial charge is 0.311 e. The van der Waals surface area contributed by atoms with Gasteiger partial charge in [0.25, 0.3) is 0 Å². The van der Waals surface area contributed by atoms with Crippen LogP contribution in [0.5, 0.6) is 0 Å². The number of carbonyl (C=O) groups excluding carboxylic acids is 1. The first-order chi connectivity index (χ1) is 8.55. The molecule has 1 aromatic heterocycles. The van der Waals surface area contributed by atoms with Crippen LogP contribution in [0.15, 0.2) is 5.38 Å². The molecule has 102 valence electrons. The molecule has 4 nitrogen and oxygen atoms in total. The van der Waals surface area contributed by atoms with E-state index in [1.165, 1.54) is 24.9 Å². The van der Waals surface area contributed by atoms with Gasteiger partial charge in [0, 0.05) is 11.4 Å². The summed E-state index contributed by atoms with van der Waals surface area (Å²) in [5, 5.41) is 6.15. The first-order valence-electron chi connectivity index (χ1n) is 6.32. The molecule has 1 heterocycles. The average Bonchev–Trinajstić information content (AvgIpc) is 2.75. The van der Waals surface area contributed by atoms with Crippen LogP contribution in [0.3, 0.4) is 0 Å². The van der Waals surface area contributed by atoms with E-state index in [2.05, 4.69) is 35.8 Å². The zero-order valence-corrected chi connectivity index (χ0v) is 12.3. The number of rotatable bonds is 7. The predicted octanol–water partition coefficient (Wildman–Crippen LogP) is 3.10. The number of hydrogen-bond donors (Lipinski definition) is 1. The molecule has 1 rings (SSSR count). The van der Waals surface area contributed by atoms with Gasteiger partial charge in [-0.1, -0.05) is 20.3 Å². The maximum Gasteiger partial charge on any atom is 0.311 e. The second kappa shape index (κ2) is 7.36. The standard InChI is InChI=1S/C13H22N2O2S/c1-5-9(2)6-10(3)14-13-15-11(8-18-13)7-12(16)17-4/h8-10H,5-7H2,1-4H3,(H,14,15). The molecule has 0 fully saturated rings. The minimum absolute atomic E-state index is 0.244. The van der Waals surface area contributed by atoms with Gasteiger partial charge in [0.15, 0.2) is 5.13 Å². The number of anilines is 1. The minimum Gasteiger partial charge on any atom is -0.469 e. The van der Waals surface area contributed by atoms with Gasteiger partial charge >= 0.3 is 5.97 Å². The van der Waals surface area contributed by atoms with Crippen molar-refractivity contribution in [3.05, 3.63) is 11.1 Å². The van der Waals surface area contributed by atoms with Crippen molar-refractivity contribution in [1.29, 1.82) is 0 Å². The zero-order chi connectivity index (χ0) is 13.5. The van der Waals surface area contributed by atoms with Crippen LogP contribution in [-0.4, -0.2) is 24.1 Å². The van der Waals surface area contributed by atoms with Crippen molar-refractivity contribution in [2.75, 3.05) is 12.4 Å². The SMILES string of the molecule is CCC(C)CC(C)Nc1nc(CC(=O)OC)cs1. The Morgan fingerprint density at radius 2 is 2.28 bits per heavy atom. The number of ether oxygens (including phenoxy) is 1. The second-order valence-electron chi connectivity index (χ2n) is 4.69. The van der Waals surface area contributed by atoms with Gasteiger partial charge in [-0.15, -0.1) is 11.3 Å². The van der Waals surface area contributed by atoms with Crippen LogP contribution in [0.25, 0.3) is 0 Å². The summed E-state index contributed by atoms with van der Waals surface area (Å²) >= 11 is 1.54. The quantitative estimate of drug-likeness (QED) is 0.774. The number of nitrogens with one attached hydrogen (secondary N) is 1. The van der Waals surface area contributed by atoms with E-state index < -0.39 is 0 Å². The average molecular weight is 270 g/mol. The van der Waals surface area contributed by atoms with Gasteiger partial charge < -0.3 is 10.1 Å². The molecule has 0 bridgehead atoms. The monoisotopic (exact) mass is 270 g/mol. The van der Waals surface area contributed by atoms with Crippen LogP contribution in [0.1, 0.15) is 39.3 Å². The third-order valence-corrected chi connectivity index (χ3v) is 3.75. The van der Waals surface area contributed by atoms with Crippen LogP contribution >= 0.6 is 11.3 Å². The Balaban J connectivity index is 2.45. The van der Waals surface area contributed by atoms with Crippen molar-refractivity contribution in [3.8, 4) is 0 Å². The molecule has 0 aliphatic heterocycles. The largest absolute Gasteiger partial charge is 0.469 e. The van der Waals surface area contributed by atoms with E-state index in [9.17, 15) is 4.79 Å². The van der Waals surface area contributed by atoms with Crippen LogP contribution in [0, 0.1) is 5.92 Å². The Morgan fingerprint density at radius 3 is 2.89 bits per heavy atom. The van der Waals surface area contributed by atoms with Crippen molar-refractivity contribution in [2.45, 2.75) is 46.1 Å². The van der Waals surface area contributed by atoms with E-state index >= 15 is 0 Å². The summed E-state index contributed by atoms with van der Waals surface area (Å²) in [6, 6.07) is 0.400. The third kappa shape index (κ3) is 5.04. The van der Waals surface area contributed by atoms with Gasteiger partial charge in [0.05, 0.1) is 19.2 Å². The molecule has 0 aromatic carbocycles. The lowest BCUT2D eigenvalue weighted by molar-refractivity contribution is -0.139. The lowest BCUT2D eigenvalue weighted by Crippen LogP contribution is -2.18. The van der Waals surface area contributed by atoms with Crippen LogP contribution in [-0.2, 0) is 16.0 Å². The van der Waals surface area contributed by atoms with Crippen molar-refractivity contribution in [2.24, 2.45) is 5.92 Å². The molecule has 0 amide bonds. The molecule has 0 saturated carbocycles. The molecule has 2 unspecified atom stereocenters. The second-order valence-corrected chi connectivity index (χ2v) is 5.55. The fraction of sp³-hybridized carbons (Fsp3) is 0.692. The third-order valence-electron chi connectivity index (χ3n) is 2.93. The molecule has 1 aromatic rings. The molecule has 0 spiro atoms. The number of esters is 1. The highest BCUT2D eigenvalue weighted by Gasteiger charge is 2.11. The summed E-state index contributed by atoms with van der Waals surface area (Å²) in [6.07, 6.45) is 2.56. The van der Waals surface area contributed by atoms with E-state index in [0.717, 1.165) is 17.2 Å². The van der Waals surface area contributed by atoms with Gasteiger partial charge in [-0.25, -0.2) is 4.98 Å². The van der Waals surface area contributed by atoms with Crippen LogP contribution in [0.4, 0.5) is 5.13 Å². The van der Waals surface area contributed by atoms with Gasteiger partial charge in [0.2, 0.25) is 0 Å². The van der Waals surface area contributed by atoms with E-state index in [0.29, 0.717) is 12.0 Å². The molecule has 0 radical (unpaired) electrons. The number of thiazole rings is 1. The highest BCUT2D eigenvalue weighted by Crippen LogP contribution is 2.19. The Morgan fingerprint density at radius 1 is 1.56 bits per heavy atom. The van der Waals surface area contributed by atoms with E-state index in [1.54, 1.807) is 0 Å². The number of hydrogen-bond acceptors (Lipinski definition) is 5. The van der Waals surface area contributed by atoms with Crippen molar-refractivity contribution in [1.82, 2.24) is 4.98 Å². The van der Waals surface area contributed by atoms with E-state index in [4.69, 9.17) is 0 Å². The highest BCUT2D eigenvalue weighted by molar-refractivity contribution is 7.13. The van der Waals surface area contributed by atoms with Gasteiger partial charge in [-0.3, -0.25) is 4.79 Å². The molecular formula is C13H22N2O2S. The maximum atomic E-state index is 11.1. The normalized spacial score (nSPS) is 14.0. The Hall–Kier alpha value is -1.10. The number of carbonyl (C=O) groups is 1. The summed E-state index contributed by atoms with van der Waals surface area (Å²) in [7, 11) is 1.39. The Kier molecular flexibility index (Phi) is 6.12. The van der Waals surface area contributed by atoms with Crippen LogP contribution in [0.2, 0.25) is 0 Å². The van der Waals surface area contributed by atoms with E-state index in [-0.39, 0.29) is 12.4 Å². The first-order valence-corrected chi connectivity index (χ1v) is 7.20. The molecule has 5 heteroatoms. The zero-order valence-electron chi connectivity index (χ0n) is 11.5. The topological polar surface area (TPSA) is 51.2 Å². The molecule has 0 aliphatic rings. The minimum atomic E-state index is -0.250. The summed E-state index contributed by atoms with van der Waals surface area (Å²) in [4.78, 5) is 15.5. The van der Waals surface area contributed by atoms with Gasteiger partial charge in [-0.2, -0.15) is 0 Å². The summed E-state index contributed by atoms with van der Waals surface area (Å²) in [5.41, 5.74) is 0.769. The fourth-order valence-corrected chi connectivity index (χ4v) is 2.54. The summed E-state index contributed by atoms with van der Waals surface area (Å²) in [6.45, 7) is 6.62.